The topological polar surface area (TPSA) is 103 Å². The molecule has 2 aliphatic heterocycles. The lowest BCUT2D eigenvalue weighted by atomic mass is 9.95. The van der Waals surface area contributed by atoms with E-state index in [0.717, 1.165) is 11.3 Å². The maximum Gasteiger partial charge on any atom is 0.338 e. The van der Waals surface area contributed by atoms with E-state index in [9.17, 15) is 14.4 Å². The fraction of sp³-hybridized carbons (Fsp3) is 0.276. The third-order valence-electron chi connectivity index (χ3n) is 6.57. The van der Waals surface area contributed by atoms with Crippen molar-refractivity contribution in [3.8, 4) is 5.75 Å². The number of allylic oxidation sites excluding steroid dienone is 1. The van der Waals surface area contributed by atoms with Crippen LogP contribution in [0.2, 0.25) is 5.02 Å². The van der Waals surface area contributed by atoms with E-state index in [2.05, 4.69) is 10.1 Å². The van der Waals surface area contributed by atoms with Crippen LogP contribution in [0.1, 0.15) is 39.3 Å². The lowest BCUT2D eigenvalue weighted by molar-refractivity contribution is -0.143. The summed E-state index contributed by atoms with van der Waals surface area (Å²) in [5, 5.41) is 6.19. The fourth-order valence-corrected chi connectivity index (χ4v) is 6.00. The monoisotopic (exact) mass is 578 g/mol. The Hall–Kier alpha value is -4.02. The van der Waals surface area contributed by atoms with Gasteiger partial charge in [-0.1, -0.05) is 41.1 Å². The van der Waals surface area contributed by atoms with Crippen LogP contribution in [0.5, 0.6) is 5.75 Å². The number of hydrogen-bond donors (Lipinski definition) is 0. The average molecular weight is 579 g/mol. The molecular weight excluding hydrogens is 552 g/mol. The van der Waals surface area contributed by atoms with Gasteiger partial charge in [-0.3, -0.25) is 14.2 Å². The molecule has 11 heteroatoms. The molecule has 3 aromatic rings. The standard InChI is InChI=1S/C29H27ClN4O5S/c1-15(2)39-28(37)24-17(4)31-29-33(25(24)21-13-18(30)11-12-22(21)38-5)27(36)23(40-29)14-20-16(3)32-34(26(20)35)19-9-7-6-8-10-19/h6-15,20,25H,1-5H3/b23-14-/t20-,25-/m1/s1. The number of thiazole rings is 1. The molecule has 0 saturated heterocycles. The summed E-state index contributed by atoms with van der Waals surface area (Å²) in [5.74, 6) is -1.14. The van der Waals surface area contributed by atoms with Crippen LogP contribution in [0.25, 0.3) is 6.08 Å². The largest absolute Gasteiger partial charge is 0.496 e. The molecule has 0 saturated carbocycles. The predicted octanol–water partition coefficient (Wildman–Crippen LogP) is 3.84. The second kappa shape index (κ2) is 10.9. The third kappa shape index (κ3) is 4.89. The Morgan fingerprint density at radius 3 is 2.52 bits per heavy atom. The molecule has 2 aliphatic rings. The summed E-state index contributed by atoms with van der Waals surface area (Å²) in [5.41, 5.74) is 1.93. The quantitative estimate of drug-likeness (QED) is 0.414. The molecule has 9 nitrogen and oxygen atoms in total. The van der Waals surface area contributed by atoms with E-state index in [-0.39, 0.29) is 17.6 Å². The van der Waals surface area contributed by atoms with Gasteiger partial charge >= 0.3 is 5.97 Å². The summed E-state index contributed by atoms with van der Waals surface area (Å²) in [4.78, 5) is 45.7. The zero-order valence-electron chi connectivity index (χ0n) is 22.5. The first-order valence-corrected chi connectivity index (χ1v) is 13.8. The first kappa shape index (κ1) is 27.5. The average Bonchev–Trinajstić information content (AvgIpc) is 3.38. The summed E-state index contributed by atoms with van der Waals surface area (Å²) < 4.78 is 12.9. The molecule has 3 heterocycles. The van der Waals surface area contributed by atoms with Crippen LogP contribution in [-0.4, -0.2) is 35.4 Å². The number of hydrogen-bond acceptors (Lipinski definition) is 8. The number of nitrogens with zero attached hydrogens (tertiary/aromatic N) is 4. The van der Waals surface area contributed by atoms with E-state index in [0.29, 0.717) is 42.8 Å². The van der Waals surface area contributed by atoms with Gasteiger partial charge in [-0.05, 0) is 64.1 Å². The minimum absolute atomic E-state index is 0.207. The minimum Gasteiger partial charge on any atom is -0.496 e. The minimum atomic E-state index is -0.909. The van der Waals surface area contributed by atoms with Gasteiger partial charge in [-0.25, -0.2) is 9.79 Å². The van der Waals surface area contributed by atoms with Gasteiger partial charge < -0.3 is 9.47 Å². The maximum absolute atomic E-state index is 14.0. The number of benzene rings is 2. The van der Waals surface area contributed by atoms with Crippen molar-refractivity contribution in [2.75, 3.05) is 12.1 Å². The molecule has 40 heavy (non-hydrogen) atoms. The molecule has 1 aromatic heterocycles. The fourth-order valence-electron chi connectivity index (χ4n) is 4.76. The lowest BCUT2D eigenvalue weighted by Gasteiger charge is -2.26. The number of rotatable bonds is 6. The van der Waals surface area contributed by atoms with Crippen molar-refractivity contribution in [2.24, 2.45) is 16.0 Å². The molecular formula is C29H27ClN4O5S. The Morgan fingerprint density at radius 2 is 1.85 bits per heavy atom. The number of hydrazone groups is 1. The molecule has 0 bridgehead atoms. The summed E-state index contributed by atoms with van der Waals surface area (Å²) in [6.07, 6.45) is 1.23. The van der Waals surface area contributed by atoms with E-state index in [1.807, 2.05) is 18.2 Å². The predicted molar refractivity (Wildman–Crippen MR) is 154 cm³/mol. The van der Waals surface area contributed by atoms with Crippen LogP contribution in [0.4, 0.5) is 5.69 Å². The van der Waals surface area contributed by atoms with Crippen molar-refractivity contribution < 1.29 is 19.1 Å². The highest BCUT2D eigenvalue weighted by Crippen LogP contribution is 2.37. The molecule has 0 N–H and O–H groups in total. The number of halogens is 1. The summed E-state index contributed by atoms with van der Waals surface area (Å²) in [6.45, 7) is 6.95. The van der Waals surface area contributed by atoms with Gasteiger partial charge in [0.2, 0.25) is 0 Å². The normalized spacial score (nSPS) is 19.1. The molecule has 0 fully saturated rings. The number of carbonyl (C=O) groups is 2. The van der Waals surface area contributed by atoms with E-state index in [1.54, 1.807) is 64.1 Å². The molecule has 0 aliphatic carbocycles. The van der Waals surface area contributed by atoms with Crippen LogP contribution in [-0.2, 0) is 14.3 Å². The zero-order valence-corrected chi connectivity index (χ0v) is 24.1. The molecule has 206 valence electrons. The van der Waals surface area contributed by atoms with Crippen molar-refractivity contribution in [1.82, 2.24) is 4.57 Å². The van der Waals surface area contributed by atoms with Gasteiger partial charge in [0.25, 0.3) is 11.5 Å². The van der Waals surface area contributed by atoms with Gasteiger partial charge in [-0.15, -0.1) is 0 Å². The number of methoxy groups -OCH3 is 1. The number of anilines is 1. The second-order valence-corrected chi connectivity index (χ2v) is 11.1. The van der Waals surface area contributed by atoms with Gasteiger partial charge in [0.1, 0.15) is 17.7 Å². The molecule has 0 spiro atoms. The van der Waals surface area contributed by atoms with Gasteiger partial charge in [-0.2, -0.15) is 10.1 Å². The number of amides is 1. The first-order chi connectivity index (χ1) is 19.1. The number of carbonyl (C=O) groups excluding carboxylic acids is 2. The highest BCUT2D eigenvalue weighted by atomic mass is 35.5. The summed E-state index contributed by atoms with van der Waals surface area (Å²) in [6, 6.07) is 13.2. The van der Waals surface area contributed by atoms with Crippen LogP contribution >= 0.6 is 22.9 Å². The Morgan fingerprint density at radius 1 is 1.12 bits per heavy atom. The van der Waals surface area contributed by atoms with E-state index < -0.39 is 23.5 Å². The molecule has 2 aromatic carbocycles. The lowest BCUT2D eigenvalue weighted by Crippen LogP contribution is -2.40. The Bertz CT molecular complexity index is 1760. The number of fused-ring (bicyclic) bond motifs is 1. The van der Waals surface area contributed by atoms with Crippen LogP contribution < -0.4 is 24.6 Å². The number of aromatic nitrogens is 1. The summed E-state index contributed by atoms with van der Waals surface area (Å²) in [7, 11) is 1.51. The smallest absolute Gasteiger partial charge is 0.338 e. The molecule has 5 rings (SSSR count). The van der Waals surface area contributed by atoms with Crippen LogP contribution in [0.3, 0.4) is 0 Å². The van der Waals surface area contributed by atoms with Gasteiger partial charge in [0.15, 0.2) is 4.80 Å². The number of esters is 1. The van der Waals surface area contributed by atoms with E-state index in [1.165, 1.54) is 16.7 Å². The second-order valence-electron chi connectivity index (χ2n) is 9.65. The highest BCUT2D eigenvalue weighted by Gasteiger charge is 2.37. The molecule has 1 amide bonds. The van der Waals surface area contributed by atoms with Crippen molar-refractivity contribution in [2.45, 2.75) is 39.8 Å². The molecule has 2 atom stereocenters. The maximum atomic E-state index is 14.0. The SMILES string of the molecule is COc1ccc(Cl)cc1[C@@H]1C(C(=O)OC(C)C)=C(C)N=c2s/c(=C\[C@H]3C(=O)N(c4ccccc4)N=C3C)c(=O)n21. The van der Waals surface area contributed by atoms with E-state index >= 15 is 0 Å². The Labute approximate surface area is 239 Å². The third-order valence-corrected chi connectivity index (χ3v) is 7.81. The number of para-hydroxylation sites is 1. The highest BCUT2D eigenvalue weighted by molar-refractivity contribution is 7.07. The van der Waals surface area contributed by atoms with Crippen LogP contribution in [0.15, 0.2) is 74.7 Å². The van der Waals surface area contributed by atoms with Crippen molar-refractivity contribution in [3.63, 3.8) is 0 Å². The zero-order chi connectivity index (χ0) is 28.7. The Kier molecular flexibility index (Phi) is 7.48. The van der Waals surface area contributed by atoms with Crippen molar-refractivity contribution >= 4 is 52.3 Å². The van der Waals surface area contributed by atoms with Crippen molar-refractivity contribution in [3.05, 3.63) is 90.1 Å². The first-order valence-electron chi connectivity index (χ1n) is 12.6. The van der Waals surface area contributed by atoms with Gasteiger partial charge in [0.05, 0.1) is 40.4 Å². The van der Waals surface area contributed by atoms with Crippen molar-refractivity contribution in [1.29, 1.82) is 0 Å². The van der Waals surface area contributed by atoms with Gasteiger partial charge in [0, 0.05) is 10.6 Å². The molecule has 0 radical (unpaired) electrons. The Balaban J connectivity index is 1.67. The molecule has 0 unspecified atom stereocenters. The van der Waals surface area contributed by atoms with Crippen LogP contribution in [0, 0.1) is 5.92 Å². The van der Waals surface area contributed by atoms with E-state index in [4.69, 9.17) is 21.1 Å². The number of ether oxygens (including phenoxy) is 2. The summed E-state index contributed by atoms with van der Waals surface area (Å²) >= 11 is 7.51.